The first-order valence-electron chi connectivity index (χ1n) is 3.18. The van der Waals surface area contributed by atoms with E-state index in [9.17, 15) is 8.42 Å². The number of aromatic hydroxyl groups is 1. The van der Waals surface area contributed by atoms with Gasteiger partial charge in [-0.3, -0.25) is 4.55 Å². The minimum Gasteiger partial charge on any atom is -0.504 e. The molecule has 72 valence electrons. The normalized spacial score (nSPS) is 11.5. The minimum absolute atomic E-state index is 0.0444. The number of phenolic OH excluding ortho intramolecular Hbond substituents is 1. The number of rotatable bonds is 1. The molecule has 6 nitrogen and oxygen atoms in total. The van der Waals surface area contributed by atoms with Crippen LogP contribution in [0.4, 0.5) is 11.4 Å². The summed E-state index contributed by atoms with van der Waals surface area (Å²) >= 11 is 0. The smallest absolute Gasteiger partial charge is 0.298 e. The molecule has 0 atom stereocenters. The van der Waals surface area contributed by atoms with Crippen molar-refractivity contribution in [3.05, 3.63) is 12.1 Å². The van der Waals surface area contributed by atoms with E-state index >= 15 is 0 Å². The van der Waals surface area contributed by atoms with Crippen LogP contribution in [0.1, 0.15) is 0 Å². The van der Waals surface area contributed by atoms with Gasteiger partial charge in [-0.25, -0.2) is 0 Å². The molecule has 0 heterocycles. The molecule has 0 saturated carbocycles. The molecule has 0 amide bonds. The summed E-state index contributed by atoms with van der Waals surface area (Å²) in [5.74, 6) is -0.698. The van der Waals surface area contributed by atoms with E-state index in [0.29, 0.717) is 0 Å². The Balaban J connectivity index is 3.56. The van der Waals surface area contributed by atoms with Crippen molar-refractivity contribution in [2.75, 3.05) is 11.5 Å². The summed E-state index contributed by atoms with van der Waals surface area (Å²) < 4.78 is 29.9. The number of phenols is 1. The lowest BCUT2D eigenvalue weighted by Gasteiger charge is -2.05. The Morgan fingerprint density at radius 2 is 1.77 bits per heavy atom. The average Bonchev–Trinajstić information content (AvgIpc) is 1.94. The van der Waals surface area contributed by atoms with E-state index < -0.39 is 20.8 Å². The lowest BCUT2D eigenvalue weighted by Crippen LogP contribution is -2.02. The quantitative estimate of drug-likeness (QED) is 0.217. The van der Waals surface area contributed by atoms with E-state index in [2.05, 4.69) is 0 Å². The topological polar surface area (TPSA) is 127 Å². The van der Waals surface area contributed by atoms with Gasteiger partial charge >= 0.3 is 0 Å². The van der Waals surface area contributed by atoms with E-state index in [1.807, 2.05) is 0 Å². The van der Waals surface area contributed by atoms with Crippen LogP contribution in [-0.2, 0) is 10.1 Å². The van der Waals surface area contributed by atoms with Crippen LogP contribution >= 0.6 is 0 Å². The van der Waals surface area contributed by atoms with E-state index in [-0.39, 0.29) is 11.4 Å². The van der Waals surface area contributed by atoms with E-state index in [1.165, 1.54) is 6.07 Å². The molecule has 0 aliphatic heterocycles. The van der Waals surface area contributed by atoms with Crippen molar-refractivity contribution in [1.29, 1.82) is 0 Å². The van der Waals surface area contributed by atoms with Crippen molar-refractivity contribution in [3.8, 4) is 5.75 Å². The zero-order chi connectivity index (χ0) is 10.2. The molecule has 1 aromatic carbocycles. The van der Waals surface area contributed by atoms with Gasteiger partial charge in [0.1, 0.15) is 4.90 Å². The zero-order valence-corrected chi connectivity index (χ0v) is 7.25. The lowest BCUT2D eigenvalue weighted by molar-refractivity contribution is 0.445. The molecule has 0 aliphatic rings. The molecule has 0 fully saturated rings. The Labute approximate surface area is 74.5 Å². The van der Waals surface area contributed by atoms with Crippen LogP contribution in [0.3, 0.4) is 0 Å². The second-order valence-corrected chi connectivity index (χ2v) is 3.82. The standard InChI is InChI=1S/C6H8N2O4S/c7-3-1-4(8)6(9)5(2-3)13(10,11)12/h1-2,9H,7-8H2,(H,10,11,12). The van der Waals surface area contributed by atoms with Crippen LogP contribution in [-0.4, -0.2) is 18.1 Å². The first-order valence-corrected chi connectivity index (χ1v) is 4.62. The summed E-state index contributed by atoms with van der Waals surface area (Å²) in [6.45, 7) is 0. The Kier molecular flexibility index (Phi) is 2.06. The molecule has 0 radical (unpaired) electrons. The highest BCUT2D eigenvalue weighted by molar-refractivity contribution is 7.86. The number of anilines is 2. The average molecular weight is 204 g/mol. The molecule has 0 aliphatic carbocycles. The molecular formula is C6H8N2O4S. The summed E-state index contributed by atoms with van der Waals surface area (Å²) in [5, 5.41) is 9.14. The molecule has 0 spiro atoms. The predicted molar refractivity (Wildman–Crippen MR) is 46.7 cm³/mol. The maximum Gasteiger partial charge on any atom is 0.298 e. The van der Waals surface area contributed by atoms with Gasteiger partial charge in [0, 0.05) is 5.69 Å². The van der Waals surface area contributed by atoms with Crippen molar-refractivity contribution in [2.45, 2.75) is 4.90 Å². The summed E-state index contributed by atoms with van der Waals surface area (Å²) in [7, 11) is -4.49. The van der Waals surface area contributed by atoms with Gasteiger partial charge < -0.3 is 16.6 Å². The maximum atomic E-state index is 10.6. The fraction of sp³-hybridized carbons (Fsp3) is 0. The number of hydrogen-bond donors (Lipinski definition) is 4. The second kappa shape index (κ2) is 2.79. The van der Waals surface area contributed by atoms with Gasteiger partial charge in [0.15, 0.2) is 5.75 Å². The highest BCUT2D eigenvalue weighted by Crippen LogP contribution is 2.31. The molecule has 0 saturated heterocycles. The van der Waals surface area contributed by atoms with Gasteiger partial charge in [-0.15, -0.1) is 0 Å². The minimum atomic E-state index is -4.49. The van der Waals surface area contributed by atoms with Crippen LogP contribution in [0.25, 0.3) is 0 Å². The van der Waals surface area contributed by atoms with Crippen LogP contribution in [0.15, 0.2) is 17.0 Å². The second-order valence-electron chi connectivity index (χ2n) is 2.43. The number of benzene rings is 1. The van der Waals surface area contributed by atoms with E-state index in [0.717, 1.165) is 6.07 Å². The van der Waals surface area contributed by atoms with Crippen molar-refractivity contribution < 1.29 is 18.1 Å². The van der Waals surface area contributed by atoms with Gasteiger partial charge in [0.25, 0.3) is 10.1 Å². The van der Waals surface area contributed by atoms with Gasteiger partial charge in [0.2, 0.25) is 0 Å². The fourth-order valence-corrected chi connectivity index (χ4v) is 1.50. The molecule has 0 aromatic heterocycles. The van der Waals surface area contributed by atoms with Gasteiger partial charge in [-0.05, 0) is 12.1 Å². The van der Waals surface area contributed by atoms with Crippen molar-refractivity contribution in [1.82, 2.24) is 0 Å². The Morgan fingerprint density at radius 1 is 1.23 bits per heavy atom. The summed E-state index contributed by atoms with van der Waals surface area (Å²) in [6.07, 6.45) is 0. The largest absolute Gasteiger partial charge is 0.504 e. The molecule has 6 N–H and O–H groups in total. The van der Waals surface area contributed by atoms with Gasteiger partial charge in [0.05, 0.1) is 5.69 Å². The molecule has 1 rings (SSSR count). The van der Waals surface area contributed by atoms with Crippen molar-refractivity contribution in [3.63, 3.8) is 0 Å². The SMILES string of the molecule is Nc1cc(N)c(O)c(S(=O)(=O)O)c1. The molecule has 0 bridgehead atoms. The van der Waals surface area contributed by atoms with Gasteiger partial charge in [-0.2, -0.15) is 8.42 Å². The molecule has 0 unspecified atom stereocenters. The lowest BCUT2D eigenvalue weighted by atomic mass is 10.2. The Bertz CT molecular complexity index is 440. The summed E-state index contributed by atoms with van der Waals surface area (Å²) in [5.41, 5.74) is 10.3. The van der Waals surface area contributed by atoms with Crippen LogP contribution < -0.4 is 11.5 Å². The predicted octanol–water partition coefficient (Wildman–Crippen LogP) is -0.197. The van der Waals surface area contributed by atoms with Gasteiger partial charge in [-0.1, -0.05) is 0 Å². The fourth-order valence-electron chi connectivity index (χ4n) is 0.848. The van der Waals surface area contributed by atoms with Crippen molar-refractivity contribution >= 4 is 21.5 Å². The van der Waals surface area contributed by atoms with Crippen LogP contribution in [0, 0.1) is 0 Å². The number of nitrogen functional groups attached to an aromatic ring is 2. The zero-order valence-electron chi connectivity index (χ0n) is 6.43. The van der Waals surface area contributed by atoms with Crippen LogP contribution in [0.5, 0.6) is 5.75 Å². The third-order valence-electron chi connectivity index (χ3n) is 1.40. The monoisotopic (exact) mass is 204 g/mol. The first kappa shape index (κ1) is 9.62. The number of hydrogen-bond acceptors (Lipinski definition) is 5. The first-order chi connectivity index (χ1) is 5.82. The summed E-state index contributed by atoms with van der Waals surface area (Å²) in [4.78, 5) is -0.690. The molecule has 7 heteroatoms. The van der Waals surface area contributed by atoms with E-state index in [4.69, 9.17) is 21.1 Å². The number of nitrogens with two attached hydrogens (primary N) is 2. The Hall–Kier alpha value is -1.47. The highest BCUT2D eigenvalue weighted by Gasteiger charge is 2.17. The molecule has 13 heavy (non-hydrogen) atoms. The van der Waals surface area contributed by atoms with Crippen LogP contribution in [0.2, 0.25) is 0 Å². The highest BCUT2D eigenvalue weighted by atomic mass is 32.2. The van der Waals surface area contributed by atoms with E-state index in [1.54, 1.807) is 0 Å². The van der Waals surface area contributed by atoms with Crippen molar-refractivity contribution in [2.24, 2.45) is 0 Å². The molecular weight excluding hydrogens is 196 g/mol. The summed E-state index contributed by atoms with van der Waals surface area (Å²) in [6, 6.07) is 2.10. The third kappa shape index (κ3) is 1.82. The Morgan fingerprint density at radius 3 is 2.23 bits per heavy atom. The maximum absolute atomic E-state index is 10.6. The third-order valence-corrected chi connectivity index (χ3v) is 2.27. The molecule has 1 aromatic rings.